The van der Waals surface area contributed by atoms with Gasteiger partial charge in [0.2, 0.25) is 0 Å². The highest BCUT2D eigenvalue weighted by Crippen LogP contribution is 2.37. The van der Waals surface area contributed by atoms with Crippen molar-refractivity contribution in [3.05, 3.63) is 23.2 Å². The lowest BCUT2D eigenvalue weighted by Gasteiger charge is -2.38. The van der Waals surface area contributed by atoms with Gasteiger partial charge in [-0.05, 0) is 64.2 Å². The number of ether oxygens (including phenoxy) is 3. The molecule has 1 aliphatic carbocycles. The molecule has 1 aromatic rings. The Morgan fingerprint density at radius 2 is 2.14 bits per heavy atom. The highest BCUT2D eigenvalue weighted by atomic mass is 35.5. The molecule has 1 aromatic carbocycles. The van der Waals surface area contributed by atoms with Crippen LogP contribution >= 0.6 is 11.6 Å². The maximum Gasteiger partial charge on any atom is 0.256 e. The predicted molar refractivity (Wildman–Crippen MR) is 113 cm³/mol. The molecule has 0 heterocycles. The third-order valence-corrected chi connectivity index (χ3v) is 5.79. The van der Waals surface area contributed by atoms with E-state index in [0.29, 0.717) is 35.6 Å². The van der Waals surface area contributed by atoms with E-state index in [4.69, 9.17) is 25.8 Å². The van der Waals surface area contributed by atoms with Gasteiger partial charge in [0.25, 0.3) is 5.91 Å². The van der Waals surface area contributed by atoms with E-state index in [1.165, 1.54) is 0 Å². The molecule has 0 spiro atoms. The highest BCUT2D eigenvalue weighted by Gasteiger charge is 2.42. The third-order valence-electron chi connectivity index (χ3n) is 5.49. The van der Waals surface area contributed by atoms with Crippen molar-refractivity contribution in [3.8, 4) is 5.75 Å². The number of carbonyl (C=O) groups excluding carboxylic acids is 1. The maximum absolute atomic E-state index is 13.0. The Kier molecular flexibility index (Phi) is 8.17. The van der Waals surface area contributed by atoms with Gasteiger partial charge in [0.05, 0.1) is 17.2 Å². The molecule has 0 aromatic heterocycles. The Balaban J connectivity index is 2.01. The molecule has 5 nitrogen and oxygen atoms in total. The molecule has 1 saturated carbocycles. The van der Waals surface area contributed by atoms with Crippen LogP contribution < -0.4 is 10.1 Å². The van der Waals surface area contributed by atoms with Crippen molar-refractivity contribution in [2.24, 2.45) is 5.92 Å². The summed E-state index contributed by atoms with van der Waals surface area (Å²) >= 11 is 6.36. The summed E-state index contributed by atoms with van der Waals surface area (Å²) in [6.07, 6.45) is 4.38. The third kappa shape index (κ3) is 6.10. The van der Waals surface area contributed by atoms with E-state index in [-0.39, 0.29) is 11.5 Å². The van der Waals surface area contributed by atoms with Crippen LogP contribution in [0, 0.1) is 5.92 Å². The molecule has 1 N–H and O–H groups in total. The molecular formula is C22H34ClNO4. The van der Waals surface area contributed by atoms with Crippen LogP contribution in [0.2, 0.25) is 5.02 Å². The van der Waals surface area contributed by atoms with Crippen LogP contribution in [0.1, 0.15) is 59.8 Å². The first-order chi connectivity index (χ1) is 13.2. The first kappa shape index (κ1) is 23.0. The minimum Gasteiger partial charge on any atom is -0.492 e. The summed E-state index contributed by atoms with van der Waals surface area (Å²) in [5.41, 5.74) is -0.345. The number of amides is 1. The second kappa shape index (κ2) is 9.95. The Hall–Kier alpha value is -1.30. The fourth-order valence-electron chi connectivity index (χ4n) is 3.63. The molecule has 1 aliphatic rings. The van der Waals surface area contributed by atoms with E-state index < -0.39 is 5.60 Å². The Bertz CT molecular complexity index is 660. The summed E-state index contributed by atoms with van der Waals surface area (Å²) in [5, 5.41) is 3.46. The van der Waals surface area contributed by atoms with E-state index in [0.717, 1.165) is 32.1 Å². The molecule has 158 valence electrons. The lowest BCUT2D eigenvalue weighted by molar-refractivity contribution is -0.147. The lowest BCUT2D eigenvalue weighted by atomic mass is 9.78. The van der Waals surface area contributed by atoms with Gasteiger partial charge in [-0.25, -0.2) is 0 Å². The number of nitrogens with one attached hydrogen (secondary N) is 1. The standard InChI is InChI=1S/C22H34ClNO4/c1-6-28-22(11-7-8-16(2)15-22)20(25)24-17-9-10-19(18(23)14-17)27-13-12-21(3,4)26-5/h9-10,14,16H,6-8,11-13,15H2,1-5H3,(H,24,25)/t16-,22+/m1/s1. The first-order valence-corrected chi connectivity index (χ1v) is 10.5. The predicted octanol–water partition coefficient (Wildman–Crippen LogP) is 5.46. The van der Waals surface area contributed by atoms with Crippen molar-refractivity contribution in [1.82, 2.24) is 0 Å². The van der Waals surface area contributed by atoms with Gasteiger partial charge in [0.15, 0.2) is 0 Å². The summed E-state index contributed by atoms with van der Waals surface area (Å²) in [6, 6.07) is 5.32. The Morgan fingerprint density at radius 1 is 1.39 bits per heavy atom. The van der Waals surface area contributed by atoms with E-state index >= 15 is 0 Å². The topological polar surface area (TPSA) is 56.8 Å². The Labute approximate surface area is 174 Å². The quantitative estimate of drug-likeness (QED) is 0.586. The van der Waals surface area contributed by atoms with Crippen LogP contribution in [-0.2, 0) is 14.3 Å². The van der Waals surface area contributed by atoms with Gasteiger partial charge in [-0.1, -0.05) is 24.9 Å². The summed E-state index contributed by atoms with van der Waals surface area (Å²) in [4.78, 5) is 13.0. The smallest absolute Gasteiger partial charge is 0.256 e. The molecule has 1 amide bonds. The molecular weight excluding hydrogens is 378 g/mol. The number of anilines is 1. The number of hydrogen-bond donors (Lipinski definition) is 1. The van der Waals surface area contributed by atoms with Gasteiger partial charge in [0, 0.05) is 25.8 Å². The van der Waals surface area contributed by atoms with Crippen LogP contribution in [-0.4, -0.2) is 37.4 Å². The fraction of sp³-hybridized carbons (Fsp3) is 0.682. The van der Waals surface area contributed by atoms with Crippen LogP contribution in [0.25, 0.3) is 0 Å². The zero-order chi connectivity index (χ0) is 20.8. The minimum atomic E-state index is -0.750. The number of halogens is 1. The van der Waals surface area contributed by atoms with Crippen molar-refractivity contribution in [3.63, 3.8) is 0 Å². The number of methoxy groups -OCH3 is 1. The molecule has 28 heavy (non-hydrogen) atoms. The zero-order valence-electron chi connectivity index (χ0n) is 17.8. The molecule has 0 bridgehead atoms. The summed E-state index contributed by atoms with van der Waals surface area (Å²) in [6.45, 7) is 9.15. The number of benzene rings is 1. The molecule has 0 aliphatic heterocycles. The number of carbonyl (C=O) groups is 1. The average molecular weight is 412 g/mol. The largest absolute Gasteiger partial charge is 0.492 e. The Morgan fingerprint density at radius 3 is 2.75 bits per heavy atom. The number of rotatable bonds is 9. The second-order valence-corrected chi connectivity index (χ2v) is 8.70. The van der Waals surface area contributed by atoms with Crippen LogP contribution in [0.3, 0.4) is 0 Å². The SMILES string of the molecule is CCO[C@@]1(C(=O)Nc2ccc(OCCC(C)(C)OC)c(Cl)c2)CCC[C@@H](C)C1. The lowest BCUT2D eigenvalue weighted by Crippen LogP contribution is -2.48. The normalized spacial score (nSPS) is 22.7. The van der Waals surface area contributed by atoms with Gasteiger partial charge in [0.1, 0.15) is 11.4 Å². The van der Waals surface area contributed by atoms with Gasteiger partial charge in [-0.2, -0.15) is 0 Å². The van der Waals surface area contributed by atoms with Gasteiger partial charge >= 0.3 is 0 Å². The molecule has 0 unspecified atom stereocenters. The van der Waals surface area contributed by atoms with Crippen molar-refractivity contribution in [2.75, 3.05) is 25.6 Å². The highest BCUT2D eigenvalue weighted by molar-refractivity contribution is 6.32. The summed E-state index contributed by atoms with van der Waals surface area (Å²) < 4.78 is 17.1. The minimum absolute atomic E-state index is 0.0903. The number of hydrogen-bond acceptors (Lipinski definition) is 4. The molecule has 1 fully saturated rings. The fourth-order valence-corrected chi connectivity index (χ4v) is 3.87. The molecule has 0 radical (unpaired) electrons. The van der Waals surface area contributed by atoms with Crippen LogP contribution in [0.15, 0.2) is 18.2 Å². The van der Waals surface area contributed by atoms with E-state index in [2.05, 4.69) is 12.2 Å². The van der Waals surface area contributed by atoms with Crippen molar-refractivity contribution in [2.45, 2.75) is 71.0 Å². The first-order valence-electron chi connectivity index (χ1n) is 10.1. The van der Waals surface area contributed by atoms with Crippen LogP contribution in [0.4, 0.5) is 5.69 Å². The molecule has 6 heteroatoms. The summed E-state index contributed by atoms with van der Waals surface area (Å²) in [5.74, 6) is 0.978. The maximum atomic E-state index is 13.0. The van der Waals surface area contributed by atoms with E-state index in [9.17, 15) is 4.79 Å². The summed E-state index contributed by atoms with van der Waals surface area (Å²) in [7, 11) is 1.69. The van der Waals surface area contributed by atoms with Crippen LogP contribution in [0.5, 0.6) is 5.75 Å². The monoisotopic (exact) mass is 411 g/mol. The van der Waals surface area contributed by atoms with E-state index in [1.807, 2.05) is 26.8 Å². The second-order valence-electron chi connectivity index (χ2n) is 8.29. The average Bonchev–Trinajstić information content (AvgIpc) is 2.63. The van der Waals surface area contributed by atoms with Gasteiger partial charge < -0.3 is 19.5 Å². The molecule has 2 atom stereocenters. The zero-order valence-corrected chi connectivity index (χ0v) is 18.5. The van der Waals surface area contributed by atoms with Gasteiger partial charge in [-0.15, -0.1) is 0 Å². The van der Waals surface area contributed by atoms with Crippen molar-refractivity contribution >= 4 is 23.2 Å². The van der Waals surface area contributed by atoms with Crippen molar-refractivity contribution < 1.29 is 19.0 Å². The van der Waals surface area contributed by atoms with Crippen molar-refractivity contribution in [1.29, 1.82) is 0 Å². The van der Waals surface area contributed by atoms with Gasteiger partial charge in [-0.3, -0.25) is 4.79 Å². The van der Waals surface area contributed by atoms with E-state index in [1.54, 1.807) is 19.2 Å². The molecule has 0 saturated heterocycles. The molecule has 2 rings (SSSR count).